The van der Waals surface area contributed by atoms with E-state index in [9.17, 15) is 23.4 Å². The van der Waals surface area contributed by atoms with Crippen molar-refractivity contribution in [3.05, 3.63) is 47.5 Å². The number of esters is 1. The Balaban J connectivity index is 1.47. The average Bonchev–Trinajstić information content (AvgIpc) is 2.86. The lowest BCUT2D eigenvalue weighted by Crippen LogP contribution is -2.40. The van der Waals surface area contributed by atoms with Crippen molar-refractivity contribution in [3.63, 3.8) is 0 Å². The molecule has 2 atom stereocenters. The highest BCUT2D eigenvalue weighted by atomic mass is 32.2. The lowest BCUT2D eigenvalue weighted by atomic mass is 9.88. The first-order valence-electron chi connectivity index (χ1n) is 12.5. The van der Waals surface area contributed by atoms with E-state index in [0.29, 0.717) is 31.1 Å². The maximum Gasteiger partial charge on any atom is 0.344 e. The van der Waals surface area contributed by atoms with Gasteiger partial charge in [-0.05, 0) is 68.0 Å². The highest BCUT2D eigenvalue weighted by Gasteiger charge is 2.20. The zero-order valence-corrected chi connectivity index (χ0v) is 22.1. The number of rotatable bonds is 14. The fourth-order valence-corrected chi connectivity index (χ4v) is 5.21. The molecule has 0 heterocycles. The summed E-state index contributed by atoms with van der Waals surface area (Å²) in [5.41, 5.74) is 2.41. The first-order valence-corrected chi connectivity index (χ1v) is 14.1. The van der Waals surface area contributed by atoms with Gasteiger partial charge in [0.1, 0.15) is 30.0 Å². The van der Waals surface area contributed by atoms with Gasteiger partial charge in [-0.15, -0.1) is 0 Å². The molecule has 10 nitrogen and oxygen atoms in total. The quantitative estimate of drug-likeness (QED) is 0.211. The highest BCUT2D eigenvalue weighted by molar-refractivity contribution is 7.92. The molecule has 0 saturated carbocycles. The number of phenolic OH excluding ortho intramolecular Hbond substituents is 1. The number of carbonyl (C=O) groups is 1. The summed E-state index contributed by atoms with van der Waals surface area (Å²) in [7, 11) is -3.56. The topological polar surface area (TPSA) is 143 Å². The van der Waals surface area contributed by atoms with Crippen LogP contribution >= 0.6 is 0 Å². The van der Waals surface area contributed by atoms with Gasteiger partial charge in [-0.3, -0.25) is 4.72 Å². The third-order valence-electron chi connectivity index (χ3n) is 5.86. The Bertz CT molecular complexity index is 1160. The summed E-state index contributed by atoms with van der Waals surface area (Å²) in [5, 5.41) is 23.8. The molecule has 4 N–H and O–H groups in total. The second kappa shape index (κ2) is 13.5. The predicted octanol–water partition coefficient (Wildman–Crippen LogP) is 2.37. The van der Waals surface area contributed by atoms with E-state index in [1.807, 2.05) is 18.2 Å². The van der Waals surface area contributed by atoms with E-state index in [-0.39, 0.29) is 36.4 Å². The molecule has 204 valence electrons. The number of hydrogen-bond donors (Lipinski definition) is 4. The smallest absolute Gasteiger partial charge is 0.344 e. The number of carbonyl (C=O) groups excluding carboxylic acids is 1. The van der Waals surface area contributed by atoms with Crippen LogP contribution in [0.15, 0.2) is 36.4 Å². The Morgan fingerprint density at radius 1 is 1.11 bits per heavy atom. The summed E-state index contributed by atoms with van der Waals surface area (Å²) in [6.07, 6.45) is 2.22. The Kier molecular flexibility index (Phi) is 10.4. The van der Waals surface area contributed by atoms with Crippen molar-refractivity contribution in [2.45, 2.75) is 51.7 Å². The number of hydrogen-bond acceptors (Lipinski definition) is 9. The SMILES string of the molecule is CCCS(=O)(=O)Nc1cc(OCC(O)CNC2CCc3ccc(OCC(=O)OCC)cc3C2)ccc1O. The lowest BCUT2D eigenvalue weighted by Gasteiger charge is -2.27. The molecule has 1 aliphatic carbocycles. The van der Waals surface area contributed by atoms with E-state index in [1.165, 1.54) is 23.8 Å². The third-order valence-corrected chi connectivity index (χ3v) is 7.34. The Hall–Kier alpha value is -3.02. The lowest BCUT2D eigenvalue weighted by molar-refractivity contribution is -0.145. The van der Waals surface area contributed by atoms with Crippen molar-refractivity contribution in [1.82, 2.24) is 5.32 Å². The molecule has 1 aliphatic rings. The third kappa shape index (κ3) is 9.10. The molecule has 37 heavy (non-hydrogen) atoms. The van der Waals surface area contributed by atoms with Crippen molar-refractivity contribution >= 4 is 21.7 Å². The molecule has 0 fully saturated rings. The van der Waals surface area contributed by atoms with Gasteiger partial charge in [-0.1, -0.05) is 13.0 Å². The number of anilines is 1. The van der Waals surface area contributed by atoms with E-state index in [0.717, 1.165) is 24.8 Å². The first-order chi connectivity index (χ1) is 17.7. The largest absolute Gasteiger partial charge is 0.506 e. The minimum absolute atomic E-state index is 0.00587. The van der Waals surface area contributed by atoms with E-state index < -0.39 is 22.1 Å². The molecule has 0 aromatic heterocycles. The van der Waals surface area contributed by atoms with E-state index in [4.69, 9.17) is 14.2 Å². The summed E-state index contributed by atoms with van der Waals surface area (Å²) < 4.78 is 42.4. The Morgan fingerprint density at radius 2 is 1.86 bits per heavy atom. The van der Waals surface area contributed by atoms with Crippen molar-refractivity contribution in [2.24, 2.45) is 0 Å². The summed E-state index contributed by atoms with van der Waals surface area (Å²) in [6.45, 7) is 3.99. The number of sulfonamides is 1. The van der Waals surface area contributed by atoms with Crippen molar-refractivity contribution in [3.8, 4) is 17.2 Å². The fourth-order valence-electron chi connectivity index (χ4n) is 4.07. The molecule has 0 bridgehead atoms. The van der Waals surface area contributed by atoms with Crippen LogP contribution in [0.5, 0.6) is 17.2 Å². The molecule has 0 amide bonds. The molecular weight excluding hydrogens is 500 g/mol. The van der Waals surface area contributed by atoms with Gasteiger partial charge in [0.15, 0.2) is 6.61 Å². The van der Waals surface area contributed by atoms with Crippen LogP contribution in [0.25, 0.3) is 0 Å². The summed E-state index contributed by atoms with van der Waals surface area (Å²) in [6, 6.07) is 10.2. The minimum atomic E-state index is -3.56. The number of phenols is 1. The normalized spacial score (nSPS) is 15.9. The van der Waals surface area contributed by atoms with E-state index in [1.54, 1.807) is 13.8 Å². The molecule has 0 spiro atoms. The number of benzene rings is 2. The van der Waals surface area contributed by atoms with Crippen LogP contribution in [0.2, 0.25) is 0 Å². The number of fused-ring (bicyclic) bond motifs is 1. The molecule has 11 heteroatoms. The maximum absolute atomic E-state index is 12.0. The zero-order valence-electron chi connectivity index (χ0n) is 21.2. The standard InChI is InChI=1S/C26H36N2O8S/c1-3-11-37(32,33)28-24-14-23(9-10-25(24)30)35-16-21(29)15-27-20-7-5-18-6-8-22(13-19(18)12-20)36-17-26(31)34-4-2/h6,8-10,13-14,20-21,27-30H,3-5,7,11-12,15-17H2,1-2H3. The average molecular weight is 537 g/mol. The monoisotopic (exact) mass is 536 g/mol. The van der Waals surface area contributed by atoms with Gasteiger partial charge in [-0.2, -0.15) is 0 Å². The zero-order chi connectivity index (χ0) is 26.8. The number of aromatic hydroxyl groups is 1. The van der Waals surface area contributed by atoms with Crippen LogP contribution in [-0.4, -0.2) is 68.9 Å². The van der Waals surface area contributed by atoms with Crippen LogP contribution in [0.3, 0.4) is 0 Å². The number of nitrogens with one attached hydrogen (secondary N) is 2. The molecule has 2 aromatic carbocycles. The van der Waals surface area contributed by atoms with Crippen LogP contribution in [0.1, 0.15) is 37.8 Å². The first kappa shape index (κ1) is 28.5. The second-order valence-electron chi connectivity index (χ2n) is 8.94. The van der Waals surface area contributed by atoms with Gasteiger partial charge in [0.25, 0.3) is 0 Å². The Labute approximate surface area is 218 Å². The van der Waals surface area contributed by atoms with Gasteiger partial charge < -0.3 is 29.7 Å². The van der Waals surface area contributed by atoms with Crippen molar-refractivity contribution in [2.75, 3.05) is 36.8 Å². The Morgan fingerprint density at radius 3 is 2.62 bits per heavy atom. The van der Waals surface area contributed by atoms with Gasteiger partial charge in [0, 0.05) is 18.7 Å². The maximum atomic E-state index is 12.0. The van der Waals surface area contributed by atoms with Gasteiger partial charge in [0.2, 0.25) is 10.0 Å². The molecule has 2 unspecified atom stereocenters. The van der Waals surface area contributed by atoms with Gasteiger partial charge in [0.05, 0.1) is 18.0 Å². The molecular formula is C26H36N2O8S. The van der Waals surface area contributed by atoms with Gasteiger partial charge >= 0.3 is 5.97 Å². The van der Waals surface area contributed by atoms with E-state index in [2.05, 4.69) is 10.0 Å². The van der Waals surface area contributed by atoms with Crippen molar-refractivity contribution in [1.29, 1.82) is 0 Å². The summed E-state index contributed by atoms with van der Waals surface area (Å²) >= 11 is 0. The fraction of sp³-hybridized carbons (Fsp3) is 0.500. The number of aliphatic hydroxyl groups is 1. The predicted molar refractivity (Wildman–Crippen MR) is 140 cm³/mol. The molecule has 0 saturated heterocycles. The molecule has 2 aromatic rings. The van der Waals surface area contributed by atoms with E-state index >= 15 is 0 Å². The summed E-state index contributed by atoms with van der Waals surface area (Å²) in [5.74, 6) is 0.271. The number of aliphatic hydroxyl groups excluding tert-OH is 1. The highest BCUT2D eigenvalue weighted by Crippen LogP contribution is 2.29. The number of aryl methyl sites for hydroxylation is 1. The second-order valence-corrected chi connectivity index (χ2v) is 10.8. The van der Waals surface area contributed by atoms with Crippen LogP contribution in [0, 0.1) is 0 Å². The summed E-state index contributed by atoms with van der Waals surface area (Å²) in [4.78, 5) is 11.5. The van der Waals surface area contributed by atoms with Gasteiger partial charge in [-0.25, -0.2) is 13.2 Å². The van der Waals surface area contributed by atoms with Crippen molar-refractivity contribution < 1.29 is 37.6 Å². The minimum Gasteiger partial charge on any atom is -0.506 e. The van der Waals surface area contributed by atoms with Crippen LogP contribution in [0.4, 0.5) is 5.69 Å². The van der Waals surface area contributed by atoms with Crippen LogP contribution in [-0.2, 0) is 32.4 Å². The molecule has 0 radical (unpaired) electrons. The van der Waals surface area contributed by atoms with Crippen LogP contribution < -0.4 is 19.5 Å². The number of ether oxygens (including phenoxy) is 3. The molecule has 3 rings (SSSR count). The molecule has 0 aliphatic heterocycles.